The van der Waals surface area contributed by atoms with Crippen molar-refractivity contribution in [3.8, 4) is 51.0 Å². The van der Waals surface area contributed by atoms with Crippen molar-refractivity contribution in [3.63, 3.8) is 0 Å². The Bertz CT molecular complexity index is 1670. The van der Waals surface area contributed by atoms with Gasteiger partial charge in [-0.25, -0.2) is 0 Å². The molecule has 6 aromatic rings. The molecule has 0 saturated carbocycles. The Hall–Kier alpha value is -4.70. The Morgan fingerprint density at radius 2 is 1.29 bits per heavy atom. The molecule has 0 amide bonds. The van der Waals surface area contributed by atoms with Gasteiger partial charge in [0.1, 0.15) is 11.5 Å². The molecule has 1 aliphatic heterocycles. The normalized spacial score (nSPS) is 11.8. The minimum Gasteiger partial charge on any atom is -0.456 e. The molecule has 0 bridgehead atoms. The Balaban J connectivity index is 1.56. The summed E-state index contributed by atoms with van der Waals surface area (Å²) in [5.74, 6) is 1.70. The van der Waals surface area contributed by atoms with Gasteiger partial charge < -0.3 is 9.30 Å². The molecule has 0 saturated heterocycles. The standard InChI is InChI=1S/C30H19N3O/c1-4-13-26-21(9-1)29-22-10-2-5-14-27(22)34-28-15-6-3-11-23(28)30(29)33(26)20-16-17-25(32-19-20)24-12-7-8-18-31-24/h1-19H. The highest BCUT2D eigenvalue weighted by Gasteiger charge is 2.27. The molecule has 160 valence electrons. The minimum atomic E-state index is 0.843. The molecule has 34 heavy (non-hydrogen) atoms. The topological polar surface area (TPSA) is 39.9 Å². The molecule has 1 aliphatic rings. The summed E-state index contributed by atoms with van der Waals surface area (Å²) in [6.07, 6.45) is 3.72. The summed E-state index contributed by atoms with van der Waals surface area (Å²) >= 11 is 0. The zero-order chi connectivity index (χ0) is 22.5. The molecule has 3 aromatic carbocycles. The zero-order valence-corrected chi connectivity index (χ0v) is 18.2. The summed E-state index contributed by atoms with van der Waals surface area (Å²) in [5.41, 5.74) is 8.25. The maximum Gasteiger partial charge on any atom is 0.136 e. The van der Waals surface area contributed by atoms with Gasteiger partial charge in [0.2, 0.25) is 0 Å². The monoisotopic (exact) mass is 437 g/mol. The number of hydrogen-bond acceptors (Lipinski definition) is 3. The molecule has 4 heteroatoms. The lowest BCUT2D eigenvalue weighted by Gasteiger charge is -2.14. The molecular formula is C30H19N3O. The van der Waals surface area contributed by atoms with Gasteiger partial charge in [0.25, 0.3) is 0 Å². The van der Waals surface area contributed by atoms with Crippen molar-refractivity contribution in [1.82, 2.24) is 14.5 Å². The summed E-state index contributed by atoms with van der Waals surface area (Å²) in [6.45, 7) is 0. The highest BCUT2D eigenvalue weighted by Crippen LogP contribution is 2.51. The minimum absolute atomic E-state index is 0.843. The van der Waals surface area contributed by atoms with Gasteiger partial charge in [-0.3, -0.25) is 9.97 Å². The number of benzene rings is 3. The van der Waals surface area contributed by atoms with Crippen LogP contribution in [0, 0.1) is 0 Å². The molecule has 0 spiro atoms. The van der Waals surface area contributed by atoms with Gasteiger partial charge in [0.15, 0.2) is 0 Å². The fourth-order valence-corrected chi connectivity index (χ4v) is 4.85. The number of rotatable bonds is 2. The van der Waals surface area contributed by atoms with Crippen molar-refractivity contribution >= 4 is 10.9 Å². The fraction of sp³-hybridized carbons (Fsp3) is 0. The van der Waals surface area contributed by atoms with Crippen LogP contribution in [-0.2, 0) is 0 Å². The molecular weight excluding hydrogens is 418 g/mol. The number of ether oxygens (including phenoxy) is 1. The summed E-state index contributed by atoms with van der Waals surface area (Å²) in [7, 11) is 0. The van der Waals surface area contributed by atoms with Gasteiger partial charge in [-0.15, -0.1) is 0 Å². The largest absolute Gasteiger partial charge is 0.456 e. The smallest absolute Gasteiger partial charge is 0.136 e. The van der Waals surface area contributed by atoms with E-state index in [2.05, 4.69) is 64.1 Å². The highest BCUT2D eigenvalue weighted by atomic mass is 16.5. The van der Waals surface area contributed by atoms with Crippen molar-refractivity contribution in [3.05, 3.63) is 116 Å². The van der Waals surface area contributed by atoms with Crippen LogP contribution in [0.5, 0.6) is 11.5 Å². The van der Waals surface area contributed by atoms with Crippen molar-refractivity contribution in [2.75, 3.05) is 0 Å². The first-order valence-electron chi connectivity index (χ1n) is 11.3. The fourth-order valence-electron chi connectivity index (χ4n) is 4.85. The van der Waals surface area contributed by atoms with E-state index in [1.165, 1.54) is 10.9 Å². The quantitative estimate of drug-likeness (QED) is 0.281. The lowest BCUT2D eigenvalue weighted by atomic mass is 9.98. The van der Waals surface area contributed by atoms with Crippen LogP contribution in [0.4, 0.5) is 0 Å². The van der Waals surface area contributed by atoms with Crippen LogP contribution in [0.1, 0.15) is 0 Å². The van der Waals surface area contributed by atoms with Gasteiger partial charge in [0, 0.05) is 28.3 Å². The number of pyridine rings is 2. The van der Waals surface area contributed by atoms with Crippen LogP contribution in [0.15, 0.2) is 116 Å². The molecule has 0 N–H and O–H groups in total. The Morgan fingerprint density at radius 1 is 0.588 bits per heavy atom. The summed E-state index contributed by atoms with van der Waals surface area (Å²) in [5, 5.41) is 1.18. The first-order valence-corrected chi connectivity index (χ1v) is 11.3. The Morgan fingerprint density at radius 3 is 2.09 bits per heavy atom. The predicted octanol–water partition coefficient (Wildman–Crippen LogP) is 7.53. The number of aromatic nitrogens is 3. The van der Waals surface area contributed by atoms with E-state index < -0.39 is 0 Å². The zero-order valence-electron chi connectivity index (χ0n) is 18.2. The average molecular weight is 438 g/mol. The Labute approximate surface area is 196 Å². The number of nitrogens with zero attached hydrogens (tertiary/aromatic N) is 3. The third kappa shape index (κ3) is 2.79. The van der Waals surface area contributed by atoms with E-state index in [1.54, 1.807) is 6.20 Å². The van der Waals surface area contributed by atoms with Gasteiger partial charge in [-0.05, 0) is 48.5 Å². The van der Waals surface area contributed by atoms with Crippen molar-refractivity contribution in [1.29, 1.82) is 0 Å². The van der Waals surface area contributed by atoms with E-state index in [1.807, 2.05) is 54.7 Å². The van der Waals surface area contributed by atoms with E-state index >= 15 is 0 Å². The highest BCUT2D eigenvalue weighted by molar-refractivity contribution is 6.08. The molecule has 4 nitrogen and oxygen atoms in total. The van der Waals surface area contributed by atoms with E-state index in [-0.39, 0.29) is 0 Å². The van der Waals surface area contributed by atoms with Crippen molar-refractivity contribution in [2.45, 2.75) is 0 Å². The van der Waals surface area contributed by atoms with E-state index in [0.717, 1.165) is 50.9 Å². The van der Waals surface area contributed by atoms with Crippen LogP contribution >= 0.6 is 0 Å². The number of para-hydroxylation sites is 3. The van der Waals surface area contributed by atoms with Gasteiger partial charge >= 0.3 is 0 Å². The third-order valence-corrected chi connectivity index (χ3v) is 6.33. The molecule has 4 heterocycles. The second-order valence-corrected chi connectivity index (χ2v) is 8.29. The van der Waals surface area contributed by atoms with Crippen LogP contribution < -0.4 is 4.74 Å². The summed E-state index contributed by atoms with van der Waals surface area (Å²) in [6, 6.07) is 35.1. The maximum atomic E-state index is 6.42. The number of fused-ring (bicyclic) bond motifs is 7. The van der Waals surface area contributed by atoms with Crippen LogP contribution in [0.2, 0.25) is 0 Å². The van der Waals surface area contributed by atoms with E-state index in [9.17, 15) is 0 Å². The van der Waals surface area contributed by atoms with E-state index in [0.29, 0.717) is 0 Å². The van der Waals surface area contributed by atoms with Crippen LogP contribution in [0.25, 0.3) is 50.4 Å². The second kappa shape index (κ2) is 7.42. The van der Waals surface area contributed by atoms with Gasteiger partial charge in [-0.1, -0.05) is 54.6 Å². The molecule has 3 aromatic heterocycles. The molecule has 0 unspecified atom stereocenters. The second-order valence-electron chi connectivity index (χ2n) is 8.29. The number of hydrogen-bond donors (Lipinski definition) is 0. The Kier molecular flexibility index (Phi) is 4.11. The van der Waals surface area contributed by atoms with Crippen molar-refractivity contribution in [2.24, 2.45) is 0 Å². The van der Waals surface area contributed by atoms with Crippen LogP contribution in [-0.4, -0.2) is 14.5 Å². The first kappa shape index (κ1) is 18.8. The predicted molar refractivity (Wildman–Crippen MR) is 135 cm³/mol. The lowest BCUT2D eigenvalue weighted by Crippen LogP contribution is -1.99. The SMILES string of the molecule is c1ccc(-c2ccc(-n3c4c(c5ccccc53)-c3ccccc3Oc3ccccc3-4)cn2)nc1. The third-order valence-electron chi connectivity index (χ3n) is 6.33. The molecule has 0 atom stereocenters. The molecule has 0 fully saturated rings. The van der Waals surface area contributed by atoms with Crippen LogP contribution in [0.3, 0.4) is 0 Å². The maximum absolute atomic E-state index is 6.42. The van der Waals surface area contributed by atoms with Gasteiger partial charge in [-0.2, -0.15) is 0 Å². The van der Waals surface area contributed by atoms with Gasteiger partial charge in [0.05, 0.1) is 34.5 Å². The van der Waals surface area contributed by atoms with Crippen molar-refractivity contribution < 1.29 is 4.74 Å². The summed E-state index contributed by atoms with van der Waals surface area (Å²) in [4.78, 5) is 9.21. The average Bonchev–Trinajstić information content (AvgIpc) is 3.17. The summed E-state index contributed by atoms with van der Waals surface area (Å²) < 4.78 is 8.72. The molecule has 0 radical (unpaired) electrons. The lowest BCUT2D eigenvalue weighted by molar-refractivity contribution is 0.487. The molecule has 0 aliphatic carbocycles. The first-order chi connectivity index (χ1) is 16.9. The van der Waals surface area contributed by atoms with E-state index in [4.69, 9.17) is 9.72 Å². The molecule has 7 rings (SSSR count).